The molecule has 1 aliphatic carbocycles. The van der Waals surface area contributed by atoms with Gasteiger partial charge < -0.3 is 15.0 Å². The van der Waals surface area contributed by atoms with Crippen LogP contribution in [0.4, 0.5) is 4.39 Å². The summed E-state index contributed by atoms with van der Waals surface area (Å²) >= 11 is 0. The predicted octanol–water partition coefficient (Wildman–Crippen LogP) is 3.26. The van der Waals surface area contributed by atoms with Gasteiger partial charge in [-0.2, -0.15) is 0 Å². The Morgan fingerprint density at radius 1 is 1.26 bits per heavy atom. The van der Waals surface area contributed by atoms with Gasteiger partial charge in [0.2, 0.25) is 0 Å². The Kier molecular flexibility index (Phi) is 4.90. The highest BCUT2D eigenvalue weighted by Crippen LogP contribution is 2.23. The molecule has 0 unspecified atom stereocenters. The van der Waals surface area contributed by atoms with Crippen LogP contribution >= 0.6 is 0 Å². The van der Waals surface area contributed by atoms with Gasteiger partial charge in [-0.15, -0.1) is 0 Å². The summed E-state index contributed by atoms with van der Waals surface area (Å²) in [6, 6.07) is 9.91. The topological polar surface area (TPSA) is 67.2 Å². The normalized spacial score (nSPS) is 19.9. The molecule has 1 amide bonds. The van der Waals surface area contributed by atoms with Crippen molar-refractivity contribution in [3.63, 3.8) is 0 Å². The molecule has 5 nitrogen and oxygen atoms in total. The Hall–Kier alpha value is -2.73. The van der Waals surface area contributed by atoms with E-state index in [9.17, 15) is 14.3 Å². The molecule has 4 rings (SSSR count). The highest BCUT2D eigenvalue weighted by molar-refractivity contribution is 6.05. The fraction of sp³-hybridized carbons (Fsp3) is 0.333. The number of aromatic nitrogens is 2. The van der Waals surface area contributed by atoms with Crippen LogP contribution in [0.2, 0.25) is 0 Å². The van der Waals surface area contributed by atoms with Gasteiger partial charge in [0, 0.05) is 18.9 Å². The minimum atomic E-state index is -0.503. The van der Waals surface area contributed by atoms with Crippen LogP contribution in [0, 0.1) is 5.82 Å². The molecule has 140 valence electrons. The smallest absolute Gasteiger partial charge is 0.255 e. The summed E-state index contributed by atoms with van der Waals surface area (Å²) in [7, 11) is 0. The first-order valence-corrected chi connectivity index (χ1v) is 9.29. The average Bonchev–Trinajstić information content (AvgIpc) is 3.02. The molecule has 0 saturated heterocycles. The van der Waals surface area contributed by atoms with Gasteiger partial charge in [-0.25, -0.2) is 4.39 Å². The van der Waals surface area contributed by atoms with E-state index in [1.165, 1.54) is 12.1 Å². The van der Waals surface area contributed by atoms with E-state index in [-0.39, 0.29) is 17.8 Å². The maximum absolute atomic E-state index is 13.5. The van der Waals surface area contributed by atoms with Crippen LogP contribution in [0.1, 0.15) is 41.6 Å². The van der Waals surface area contributed by atoms with Crippen molar-refractivity contribution >= 4 is 16.9 Å². The zero-order valence-electron chi connectivity index (χ0n) is 14.9. The second-order valence-corrected chi connectivity index (χ2v) is 7.10. The lowest BCUT2D eigenvalue weighted by Gasteiger charge is -2.28. The number of benzene rings is 1. The highest BCUT2D eigenvalue weighted by atomic mass is 19.1. The van der Waals surface area contributed by atoms with Crippen molar-refractivity contribution in [2.24, 2.45) is 0 Å². The summed E-state index contributed by atoms with van der Waals surface area (Å²) in [6.45, 7) is 0.444. The van der Waals surface area contributed by atoms with Crippen molar-refractivity contribution in [3.05, 3.63) is 65.7 Å². The molecule has 0 spiro atoms. The zero-order valence-corrected chi connectivity index (χ0v) is 14.9. The summed E-state index contributed by atoms with van der Waals surface area (Å²) in [5, 5.41) is 13.1. The molecule has 0 bridgehead atoms. The largest absolute Gasteiger partial charge is 0.391 e. The molecular formula is C21H22FN3O2. The first kappa shape index (κ1) is 17.7. The van der Waals surface area contributed by atoms with Crippen LogP contribution in [0.15, 0.2) is 48.8 Å². The number of carbonyl (C=O) groups is 1. The van der Waals surface area contributed by atoms with Crippen LogP contribution in [-0.2, 0) is 6.54 Å². The van der Waals surface area contributed by atoms with Gasteiger partial charge in [0.05, 0.1) is 23.2 Å². The number of aliphatic hydroxyl groups excluding tert-OH is 1. The minimum Gasteiger partial charge on any atom is -0.391 e. The first-order valence-electron chi connectivity index (χ1n) is 9.29. The highest BCUT2D eigenvalue weighted by Gasteiger charge is 2.26. The maximum atomic E-state index is 13.5. The third kappa shape index (κ3) is 3.71. The Morgan fingerprint density at radius 2 is 2.11 bits per heavy atom. The molecule has 27 heavy (non-hydrogen) atoms. The Bertz CT molecular complexity index is 969. The second kappa shape index (κ2) is 7.48. The van der Waals surface area contributed by atoms with Crippen LogP contribution < -0.4 is 5.32 Å². The molecule has 1 saturated carbocycles. The van der Waals surface area contributed by atoms with Gasteiger partial charge in [-0.1, -0.05) is 25.0 Å². The Morgan fingerprint density at radius 3 is 2.93 bits per heavy atom. The van der Waals surface area contributed by atoms with Gasteiger partial charge in [-0.05, 0) is 42.7 Å². The number of aliphatic hydroxyl groups is 1. The van der Waals surface area contributed by atoms with Crippen LogP contribution in [0.25, 0.3) is 11.0 Å². The number of nitrogens with one attached hydrogen (secondary N) is 1. The molecule has 2 atom stereocenters. The van der Waals surface area contributed by atoms with Crippen LogP contribution in [-0.4, -0.2) is 32.7 Å². The van der Waals surface area contributed by atoms with E-state index < -0.39 is 6.10 Å². The van der Waals surface area contributed by atoms with Crippen LogP contribution in [0.3, 0.4) is 0 Å². The lowest BCUT2D eigenvalue weighted by Crippen LogP contribution is -2.45. The second-order valence-electron chi connectivity index (χ2n) is 7.10. The van der Waals surface area contributed by atoms with Gasteiger partial charge in [0.25, 0.3) is 5.91 Å². The molecule has 0 radical (unpaired) electrons. The van der Waals surface area contributed by atoms with E-state index >= 15 is 0 Å². The Labute approximate surface area is 156 Å². The van der Waals surface area contributed by atoms with Crippen LogP contribution in [0.5, 0.6) is 0 Å². The summed E-state index contributed by atoms with van der Waals surface area (Å²) in [6.07, 6.45) is 6.39. The number of fused-ring (bicyclic) bond motifs is 1. The number of pyridine rings is 1. The number of hydrogen-bond donors (Lipinski definition) is 2. The van der Waals surface area contributed by atoms with Crippen molar-refractivity contribution < 1.29 is 14.3 Å². The molecule has 6 heteroatoms. The molecular weight excluding hydrogens is 345 g/mol. The van der Waals surface area contributed by atoms with E-state index in [0.29, 0.717) is 24.0 Å². The number of carbonyl (C=O) groups excluding carboxylic acids is 1. The molecule has 2 N–H and O–H groups in total. The first-order chi connectivity index (χ1) is 13.1. The van der Waals surface area contributed by atoms with E-state index in [2.05, 4.69) is 10.3 Å². The zero-order chi connectivity index (χ0) is 18.8. The van der Waals surface area contributed by atoms with Crippen molar-refractivity contribution in [2.45, 2.75) is 44.4 Å². The third-order valence-corrected chi connectivity index (χ3v) is 5.17. The van der Waals surface area contributed by atoms with Crippen molar-refractivity contribution in [1.82, 2.24) is 14.9 Å². The van der Waals surface area contributed by atoms with E-state index in [4.69, 9.17) is 0 Å². The van der Waals surface area contributed by atoms with Gasteiger partial charge >= 0.3 is 0 Å². The molecule has 3 aromatic rings. The fourth-order valence-electron chi connectivity index (χ4n) is 3.78. The van der Waals surface area contributed by atoms with Crippen molar-refractivity contribution in [1.29, 1.82) is 0 Å². The SMILES string of the molecule is O=C(N[C@H]1CCCC[C@@H]1O)c1cn(Cc2cccc(F)c2)c2cccnc12. The van der Waals surface area contributed by atoms with Gasteiger partial charge in [-0.3, -0.25) is 9.78 Å². The number of rotatable bonds is 4. The lowest BCUT2D eigenvalue weighted by molar-refractivity contribution is 0.0718. The summed E-state index contributed by atoms with van der Waals surface area (Å²) in [5.74, 6) is -0.519. The number of hydrogen-bond acceptors (Lipinski definition) is 3. The monoisotopic (exact) mass is 367 g/mol. The molecule has 2 aromatic heterocycles. The van der Waals surface area contributed by atoms with Crippen molar-refractivity contribution in [3.8, 4) is 0 Å². The maximum Gasteiger partial charge on any atom is 0.255 e. The van der Waals surface area contributed by atoms with Gasteiger partial charge in [0.15, 0.2) is 0 Å². The number of halogens is 1. The quantitative estimate of drug-likeness (QED) is 0.744. The minimum absolute atomic E-state index is 0.225. The standard InChI is InChI=1S/C21H22FN3O2/c22-15-6-3-5-14(11-15)12-25-13-16(20-18(25)8-4-10-23-20)21(27)24-17-7-1-2-9-19(17)26/h3-6,8,10-11,13,17,19,26H,1-2,7,9,12H2,(H,24,27)/t17-,19-/m0/s1. The van der Waals surface area contributed by atoms with Crippen molar-refractivity contribution in [2.75, 3.05) is 0 Å². The molecule has 1 aliphatic rings. The number of amides is 1. The summed E-state index contributed by atoms with van der Waals surface area (Å²) < 4.78 is 15.4. The third-order valence-electron chi connectivity index (χ3n) is 5.17. The van der Waals surface area contributed by atoms with E-state index in [1.54, 1.807) is 18.5 Å². The number of nitrogens with zero attached hydrogens (tertiary/aromatic N) is 2. The molecule has 1 aromatic carbocycles. The van der Waals surface area contributed by atoms with Gasteiger partial charge in [0.1, 0.15) is 11.3 Å². The summed E-state index contributed by atoms with van der Waals surface area (Å²) in [5.41, 5.74) is 2.71. The predicted molar refractivity (Wildman–Crippen MR) is 101 cm³/mol. The summed E-state index contributed by atoms with van der Waals surface area (Å²) in [4.78, 5) is 17.2. The van der Waals surface area contributed by atoms with E-state index in [1.807, 2.05) is 22.8 Å². The molecule has 1 fully saturated rings. The fourth-order valence-corrected chi connectivity index (χ4v) is 3.78. The molecule has 2 heterocycles. The Balaban J connectivity index is 1.64. The lowest BCUT2D eigenvalue weighted by atomic mass is 9.92. The molecule has 0 aliphatic heterocycles. The van der Waals surface area contributed by atoms with E-state index in [0.717, 1.165) is 30.3 Å². The average molecular weight is 367 g/mol.